The first-order valence-electron chi connectivity index (χ1n) is 5.24. The minimum Gasteiger partial charge on any atom is -0.258 e. The van der Waals surface area contributed by atoms with Gasteiger partial charge in [-0.15, -0.1) is 10.2 Å². The molecular formula is C10H9N3O4S3. The molecule has 106 valence electrons. The molecule has 0 aliphatic rings. The minimum absolute atomic E-state index is 0.231. The first-order chi connectivity index (χ1) is 9.29. The molecule has 1 heterocycles. The molecule has 0 bridgehead atoms. The number of hydrogen-bond acceptors (Lipinski definition) is 8. The highest BCUT2D eigenvalue weighted by atomic mass is 32.2. The number of aryl methyl sites for hydroxylation is 1. The van der Waals surface area contributed by atoms with Crippen LogP contribution in [0.4, 0.5) is 5.69 Å². The summed E-state index contributed by atoms with van der Waals surface area (Å²) in [5, 5.41) is 19.6. The fourth-order valence-corrected chi connectivity index (χ4v) is 4.31. The number of benzene rings is 1. The lowest BCUT2D eigenvalue weighted by Crippen LogP contribution is -2.03. The summed E-state index contributed by atoms with van der Waals surface area (Å²) in [6, 6.07) is 4.19. The van der Waals surface area contributed by atoms with E-state index in [1.54, 1.807) is 6.92 Å². The summed E-state index contributed by atoms with van der Waals surface area (Å²) in [4.78, 5) is 10.4. The Hall–Kier alpha value is -1.52. The van der Waals surface area contributed by atoms with E-state index in [2.05, 4.69) is 10.2 Å². The van der Waals surface area contributed by atoms with Gasteiger partial charge in [-0.2, -0.15) is 0 Å². The molecule has 2 rings (SSSR count). The fourth-order valence-electron chi connectivity index (χ4n) is 1.48. The molecule has 0 aliphatic carbocycles. The van der Waals surface area contributed by atoms with Crippen molar-refractivity contribution in [2.45, 2.75) is 21.1 Å². The van der Waals surface area contributed by atoms with E-state index in [-0.39, 0.29) is 9.79 Å². The number of sulfone groups is 1. The summed E-state index contributed by atoms with van der Waals surface area (Å²) < 4.78 is 23.8. The topological polar surface area (TPSA) is 103 Å². The van der Waals surface area contributed by atoms with Crippen LogP contribution in [0.1, 0.15) is 5.01 Å². The number of hydrogen-bond donors (Lipinski definition) is 0. The minimum atomic E-state index is -3.68. The Kier molecular flexibility index (Phi) is 4.06. The Morgan fingerprint density at radius 1 is 1.35 bits per heavy atom. The number of nitro groups is 1. The van der Waals surface area contributed by atoms with Crippen LogP contribution in [0, 0.1) is 17.0 Å². The number of nitrogens with zero attached hydrogens (tertiary/aromatic N) is 3. The second-order valence-electron chi connectivity index (χ2n) is 3.82. The molecule has 10 heteroatoms. The number of rotatable bonds is 4. The third-order valence-electron chi connectivity index (χ3n) is 2.25. The first kappa shape index (κ1) is 14.9. The van der Waals surface area contributed by atoms with Crippen LogP contribution in [0.3, 0.4) is 0 Å². The highest BCUT2D eigenvalue weighted by Gasteiger charge is 2.27. The standard InChI is InChI=1S/C10H9N3O4S3/c1-6-11-12-10(18-6)19-7-4-3-5-8(20(2,16)17)9(7)13(14)15/h3-5H,1-2H3. The molecule has 2 aromatic rings. The zero-order valence-corrected chi connectivity index (χ0v) is 12.9. The maximum atomic E-state index is 11.6. The average molecular weight is 331 g/mol. The van der Waals surface area contributed by atoms with Crippen molar-refractivity contribution in [1.29, 1.82) is 0 Å². The van der Waals surface area contributed by atoms with Gasteiger partial charge >= 0.3 is 5.69 Å². The largest absolute Gasteiger partial charge is 0.301 e. The molecule has 0 atom stereocenters. The zero-order valence-electron chi connectivity index (χ0n) is 10.4. The maximum Gasteiger partial charge on any atom is 0.301 e. The van der Waals surface area contributed by atoms with Crippen LogP contribution in [0.25, 0.3) is 0 Å². The van der Waals surface area contributed by atoms with E-state index >= 15 is 0 Å². The third kappa shape index (κ3) is 3.14. The predicted molar refractivity (Wildman–Crippen MR) is 75.0 cm³/mol. The van der Waals surface area contributed by atoms with E-state index in [1.807, 2.05) is 0 Å². The van der Waals surface area contributed by atoms with E-state index in [4.69, 9.17) is 0 Å². The normalized spacial score (nSPS) is 11.5. The van der Waals surface area contributed by atoms with Crippen LogP contribution in [0.5, 0.6) is 0 Å². The highest BCUT2D eigenvalue weighted by molar-refractivity contribution is 8.01. The second-order valence-corrected chi connectivity index (χ2v) is 8.28. The van der Waals surface area contributed by atoms with Gasteiger partial charge in [-0.05, 0) is 19.1 Å². The lowest BCUT2D eigenvalue weighted by atomic mass is 10.3. The summed E-state index contributed by atoms with van der Waals surface area (Å²) in [6.07, 6.45) is 0.943. The molecule has 7 nitrogen and oxygen atoms in total. The van der Waals surface area contributed by atoms with Gasteiger partial charge in [0.05, 0.1) is 9.82 Å². The SMILES string of the molecule is Cc1nnc(Sc2cccc(S(C)(=O)=O)c2[N+](=O)[O-])s1. The summed E-state index contributed by atoms with van der Waals surface area (Å²) in [7, 11) is -3.68. The molecule has 0 saturated heterocycles. The van der Waals surface area contributed by atoms with Crippen LogP contribution in [0.15, 0.2) is 32.3 Å². The van der Waals surface area contributed by atoms with Crippen LogP contribution in [0.2, 0.25) is 0 Å². The van der Waals surface area contributed by atoms with Crippen molar-refractivity contribution in [2.75, 3.05) is 6.26 Å². The average Bonchev–Trinajstić information content (AvgIpc) is 2.73. The molecule has 0 radical (unpaired) electrons. The van der Waals surface area contributed by atoms with Crippen molar-refractivity contribution in [3.63, 3.8) is 0 Å². The van der Waals surface area contributed by atoms with Gasteiger partial charge in [0.1, 0.15) is 9.90 Å². The molecule has 0 saturated carbocycles. The summed E-state index contributed by atoms with van der Waals surface area (Å²) in [5.41, 5.74) is -0.423. The molecule has 0 fully saturated rings. The highest BCUT2D eigenvalue weighted by Crippen LogP contribution is 2.39. The summed E-state index contributed by atoms with van der Waals surface area (Å²) in [5.74, 6) is 0. The quantitative estimate of drug-likeness (QED) is 0.625. The lowest BCUT2D eigenvalue weighted by molar-refractivity contribution is -0.390. The molecule has 0 unspecified atom stereocenters. The number of aromatic nitrogens is 2. The monoisotopic (exact) mass is 331 g/mol. The van der Waals surface area contributed by atoms with E-state index in [1.165, 1.54) is 29.5 Å². The molecule has 0 spiro atoms. The van der Waals surface area contributed by atoms with Crippen LogP contribution in [-0.2, 0) is 9.84 Å². The van der Waals surface area contributed by atoms with Crippen molar-refractivity contribution in [2.24, 2.45) is 0 Å². The van der Waals surface area contributed by atoms with E-state index in [9.17, 15) is 18.5 Å². The molecule has 1 aromatic carbocycles. The van der Waals surface area contributed by atoms with Crippen molar-refractivity contribution in [1.82, 2.24) is 10.2 Å². The van der Waals surface area contributed by atoms with Crippen molar-refractivity contribution < 1.29 is 13.3 Å². The van der Waals surface area contributed by atoms with Gasteiger partial charge in [0.2, 0.25) is 0 Å². The lowest BCUT2D eigenvalue weighted by Gasteiger charge is -2.04. The Morgan fingerprint density at radius 2 is 2.05 bits per heavy atom. The van der Waals surface area contributed by atoms with Gasteiger partial charge in [0.25, 0.3) is 0 Å². The van der Waals surface area contributed by atoms with Crippen molar-refractivity contribution in [3.8, 4) is 0 Å². The smallest absolute Gasteiger partial charge is 0.258 e. The molecule has 0 N–H and O–H groups in total. The molecule has 0 amide bonds. The van der Waals surface area contributed by atoms with Gasteiger partial charge in [0.15, 0.2) is 14.2 Å². The summed E-state index contributed by atoms with van der Waals surface area (Å²) in [6.45, 7) is 1.77. The third-order valence-corrected chi connectivity index (χ3v) is 5.32. The van der Waals surface area contributed by atoms with Crippen LogP contribution < -0.4 is 0 Å². The fraction of sp³-hybridized carbons (Fsp3) is 0.200. The molecule has 1 aromatic heterocycles. The van der Waals surface area contributed by atoms with Gasteiger partial charge in [-0.3, -0.25) is 10.1 Å². The molecule has 0 aliphatic heterocycles. The van der Waals surface area contributed by atoms with Gasteiger partial charge in [-0.1, -0.05) is 29.2 Å². The second kappa shape index (κ2) is 5.46. The Bertz CT molecular complexity index is 770. The Labute approximate surface area is 123 Å². The zero-order chi connectivity index (χ0) is 14.9. The Balaban J connectivity index is 2.56. The predicted octanol–water partition coefficient (Wildman–Crippen LogP) is 2.31. The molecule has 20 heavy (non-hydrogen) atoms. The maximum absolute atomic E-state index is 11.6. The van der Waals surface area contributed by atoms with Crippen LogP contribution >= 0.6 is 23.1 Å². The number of para-hydroxylation sites is 1. The van der Waals surface area contributed by atoms with Crippen molar-refractivity contribution >= 4 is 38.6 Å². The summed E-state index contributed by atoms with van der Waals surface area (Å²) >= 11 is 2.32. The Morgan fingerprint density at radius 3 is 2.55 bits per heavy atom. The van der Waals surface area contributed by atoms with Gasteiger partial charge in [-0.25, -0.2) is 8.42 Å². The molecular weight excluding hydrogens is 322 g/mol. The van der Waals surface area contributed by atoms with Crippen molar-refractivity contribution in [3.05, 3.63) is 33.3 Å². The van der Waals surface area contributed by atoms with E-state index in [0.29, 0.717) is 4.34 Å². The van der Waals surface area contributed by atoms with E-state index in [0.717, 1.165) is 23.0 Å². The van der Waals surface area contributed by atoms with Crippen LogP contribution in [-0.4, -0.2) is 29.8 Å². The van der Waals surface area contributed by atoms with Gasteiger partial charge in [0, 0.05) is 6.26 Å². The van der Waals surface area contributed by atoms with Gasteiger partial charge < -0.3 is 0 Å². The number of nitro benzene ring substituents is 1. The first-order valence-corrected chi connectivity index (χ1v) is 8.77. The van der Waals surface area contributed by atoms with E-state index < -0.39 is 20.4 Å².